The first-order chi connectivity index (χ1) is 10.2. The SMILES string of the molecule is Cc1cccc(C(Cc2cc(Br)cc3c2OCC3)NN)n1. The first kappa shape index (κ1) is 14.5. The summed E-state index contributed by atoms with van der Waals surface area (Å²) in [6.07, 6.45) is 1.71. The maximum absolute atomic E-state index is 5.78. The molecule has 2 heterocycles. The van der Waals surface area contributed by atoms with Crippen molar-refractivity contribution in [3.63, 3.8) is 0 Å². The summed E-state index contributed by atoms with van der Waals surface area (Å²) in [4.78, 5) is 4.56. The lowest BCUT2D eigenvalue weighted by Crippen LogP contribution is -2.30. The Morgan fingerprint density at radius 1 is 1.43 bits per heavy atom. The first-order valence-corrected chi connectivity index (χ1v) is 7.80. The fourth-order valence-electron chi connectivity index (χ4n) is 2.72. The van der Waals surface area contributed by atoms with Crippen LogP contribution in [0.2, 0.25) is 0 Å². The van der Waals surface area contributed by atoms with E-state index in [0.29, 0.717) is 0 Å². The zero-order valence-corrected chi connectivity index (χ0v) is 13.5. The van der Waals surface area contributed by atoms with E-state index in [9.17, 15) is 0 Å². The first-order valence-electron chi connectivity index (χ1n) is 7.01. The molecule has 1 aliphatic heterocycles. The van der Waals surface area contributed by atoms with Crippen molar-refractivity contribution in [1.29, 1.82) is 0 Å². The molecule has 110 valence electrons. The largest absolute Gasteiger partial charge is 0.493 e. The van der Waals surface area contributed by atoms with Gasteiger partial charge >= 0.3 is 0 Å². The zero-order valence-electron chi connectivity index (χ0n) is 11.9. The number of hydrazine groups is 1. The number of benzene rings is 1. The number of nitrogens with two attached hydrogens (primary N) is 1. The summed E-state index contributed by atoms with van der Waals surface area (Å²) in [5.41, 5.74) is 7.22. The van der Waals surface area contributed by atoms with Crippen LogP contribution in [-0.4, -0.2) is 11.6 Å². The van der Waals surface area contributed by atoms with Crippen molar-refractivity contribution in [2.75, 3.05) is 6.61 Å². The maximum Gasteiger partial charge on any atom is 0.125 e. The minimum Gasteiger partial charge on any atom is -0.493 e. The monoisotopic (exact) mass is 347 g/mol. The lowest BCUT2D eigenvalue weighted by Gasteiger charge is -2.18. The van der Waals surface area contributed by atoms with Crippen molar-refractivity contribution >= 4 is 15.9 Å². The van der Waals surface area contributed by atoms with Gasteiger partial charge in [0.15, 0.2) is 0 Å². The van der Waals surface area contributed by atoms with Crippen LogP contribution in [0.25, 0.3) is 0 Å². The second-order valence-corrected chi connectivity index (χ2v) is 6.19. The molecule has 3 rings (SSSR count). The topological polar surface area (TPSA) is 60.2 Å². The third-order valence-electron chi connectivity index (χ3n) is 3.72. The lowest BCUT2D eigenvalue weighted by atomic mass is 9.99. The number of fused-ring (bicyclic) bond motifs is 1. The second-order valence-electron chi connectivity index (χ2n) is 5.28. The number of halogens is 1. The predicted molar refractivity (Wildman–Crippen MR) is 86.1 cm³/mol. The summed E-state index contributed by atoms with van der Waals surface area (Å²) in [7, 11) is 0. The van der Waals surface area contributed by atoms with Gasteiger partial charge in [0.1, 0.15) is 5.75 Å². The van der Waals surface area contributed by atoms with Gasteiger partial charge in [0.2, 0.25) is 0 Å². The normalized spacial score (nSPS) is 14.6. The van der Waals surface area contributed by atoms with Crippen LogP contribution in [0.5, 0.6) is 5.75 Å². The molecule has 0 radical (unpaired) electrons. The third kappa shape index (κ3) is 3.10. The van der Waals surface area contributed by atoms with E-state index in [4.69, 9.17) is 10.6 Å². The quantitative estimate of drug-likeness (QED) is 0.659. The molecule has 4 nitrogen and oxygen atoms in total. The van der Waals surface area contributed by atoms with Crippen molar-refractivity contribution in [1.82, 2.24) is 10.4 Å². The van der Waals surface area contributed by atoms with Gasteiger partial charge < -0.3 is 4.74 Å². The molecule has 0 amide bonds. The Morgan fingerprint density at radius 3 is 3.05 bits per heavy atom. The van der Waals surface area contributed by atoms with Gasteiger partial charge in [-0.25, -0.2) is 0 Å². The fourth-order valence-corrected chi connectivity index (χ4v) is 3.28. The number of rotatable bonds is 4. The highest BCUT2D eigenvalue weighted by Crippen LogP contribution is 2.35. The van der Waals surface area contributed by atoms with Crippen LogP contribution in [-0.2, 0) is 12.8 Å². The number of hydrogen-bond acceptors (Lipinski definition) is 4. The number of aromatic nitrogens is 1. The molecule has 1 aliphatic rings. The average molecular weight is 348 g/mol. The molecular weight excluding hydrogens is 330 g/mol. The van der Waals surface area contributed by atoms with Crippen LogP contribution in [0.4, 0.5) is 0 Å². The number of nitrogens with one attached hydrogen (secondary N) is 1. The van der Waals surface area contributed by atoms with Crippen LogP contribution in [0.1, 0.15) is 28.6 Å². The van der Waals surface area contributed by atoms with Crippen molar-refractivity contribution in [3.05, 3.63) is 57.3 Å². The van der Waals surface area contributed by atoms with Gasteiger partial charge in [-0.05, 0) is 48.7 Å². The highest BCUT2D eigenvalue weighted by Gasteiger charge is 2.21. The van der Waals surface area contributed by atoms with Gasteiger partial charge in [-0.3, -0.25) is 16.3 Å². The molecule has 21 heavy (non-hydrogen) atoms. The van der Waals surface area contributed by atoms with Crippen molar-refractivity contribution in [2.45, 2.75) is 25.8 Å². The maximum atomic E-state index is 5.78. The van der Waals surface area contributed by atoms with Crippen LogP contribution >= 0.6 is 15.9 Å². The van der Waals surface area contributed by atoms with Crippen LogP contribution in [0.3, 0.4) is 0 Å². The molecule has 3 N–H and O–H groups in total. The molecule has 0 bridgehead atoms. The van der Waals surface area contributed by atoms with E-state index >= 15 is 0 Å². The van der Waals surface area contributed by atoms with Gasteiger partial charge in [-0.2, -0.15) is 0 Å². The summed E-state index contributed by atoms with van der Waals surface area (Å²) >= 11 is 3.57. The fraction of sp³-hybridized carbons (Fsp3) is 0.312. The minimum absolute atomic E-state index is 0.0347. The van der Waals surface area contributed by atoms with Crippen molar-refractivity contribution < 1.29 is 4.74 Å². The molecule has 0 saturated heterocycles. The van der Waals surface area contributed by atoms with E-state index in [-0.39, 0.29) is 6.04 Å². The highest BCUT2D eigenvalue weighted by molar-refractivity contribution is 9.10. The van der Waals surface area contributed by atoms with Crippen LogP contribution in [0, 0.1) is 6.92 Å². The van der Waals surface area contributed by atoms with Crippen LogP contribution in [0.15, 0.2) is 34.8 Å². The molecule has 1 aromatic heterocycles. The van der Waals surface area contributed by atoms with Gasteiger partial charge in [0.05, 0.1) is 18.3 Å². The molecule has 0 spiro atoms. The Hall–Kier alpha value is -1.43. The minimum atomic E-state index is -0.0347. The Balaban J connectivity index is 1.91. The molecule has 1 atom stereocenters. The molecule has 0 fully saturated rings. The Bertz CT molecular complexity index is 660. The average Bonchev–Trinajstić information content (AvgIpc) is 2.92. The lowest BCUT2D eigenvalue weighted by molar-refractivity contribution is 0.351. The van der Waals surface area contributed by atoms with Gasteiger partial charge in [0, 0.05) is 16.6 Å². The van der Waals surface area contributed by atoms with E-state index in [1.807, 2.05) is 25.1 Å². The zero-order chi connectivity index (χ0) is 14.8. The molecule has 0 saturated carbocycles. The van der Waals surface area contributed by atoms with E-state index in [1.54, 1.807) is 0 Å². The molecule has 5 heteroatoms. The van der Waals surface area contributed by atoms with Crippen molar-refractivity contribution in [2.24, 2.45) is 5.84 Å². The summed E-state index contributed by atoms with van der Waals surface area (Å²) in [6, 6.07) is 10.2. The summed E-state index contributed by atoms with van der Waals surface area (Å²) in [6.45, 7) is 2.74. The number of aryl methyl sites for hydroxylation is 1. The molecule has 2 aromatic rings. The smallest absolute Gasteiger partial charge is 0.125 e. The molecular formula is C16H18BrN3O. The highest BCUT2D eigenvalue weighted by atomic mass is 79.9. The molecule has 1 unspecified atom stereocenters. The van der Waals surface area contributed by atoms with E-state index < -0.39 is 0 Å². The Morgan fingerprint density at radius 2 is 2.29 bits per heavy atom. The van der Waals surface area contributed by atoms with Gasteiger partial charge in [-0.1, -0.05) is 22.0 Å². The number of hydrogen-bond donors (Lipinski definition) is 2. The second kappa shape index (κ2) is 6.13. The van der Waals surface area contributed by atoms with Gasteiger partial charge in [0.25, 0.3) is 0 Å². The summed E-state index contributed by atoms with van der Waals surface area (Å²) in [5.74, 6) is 6.75. The third-order valence-corrected chi connectivity index (χ3v) is 4.18. The van der Waals surface area contributed by atoms with Gasteiger partial charge in [-0.15, -0.1) is 0 Å². The number of nitrogens with zero attached hydrogens (tertiary/aromatic N) is 1. The molecule has 1 aromatic carbocycles. The number of pyridine rings is 1. The van der Waals surface area contributed by atoms with E-state index in [2.05, 4.69) is 38.5 Å². The van der Waals surface area contributed by atoms with E-state index in [1.165, 1.54) is 5.56 Å². The molecule has 0 aliphatic carbocycles. The Kier molecular flexibility index (Phi) is 4.24. The Labute approximate surface area is 132 Å². The van der Waals surface area contributed by atoms with Crippen LogP contribution < -0.4 is 16.0 Å². The van der Waals surface area contributed by atoms with E-state index in [0.717, 1.165) is 46.6 Å². The number of ether oxygens (including phenoxy) is 1. The van der Waals surface area contributed by atoms with Crippen molar-refractivity contribution in [3.8, 4) is 5.75 Å². The predicted octanol–water partition coefficient (Wildman–Crippen LogP) is 2.83. The standard InChI is InChI=1S/C16H18BrN3O/c1-10-3-2-4-14(19-10)15(20-18)9-12-8-13(17)7-11-5-6-21-16(11)12/h2-4,7-8,15,20H,5-6,9,18H2,1H3. The summed E-state index contributed by atoms with van der Waals surface area (Å²) < 4.78 is 6.86. The summed E-state index contributed by atoms with van der Waals surface area (Å²) in [5, 5.41) is 0.